The van der Waals surface area contributed by atoms with Gasteiger partial charge in [0.15, 0.2) is 0 Å². The summed E-state index contributed by atoms with van der Waals surface area (Å²) in [6.07, 6.45) is 4.95. The minimum Gasteiger partial charge on any atom is -0.481 e. The van der Waals surface area contributed by atoms with Crippen LogP contribution in [0.4, 0.5) is 5.82 Å². The third-order valence-corrected chi connectivity index (χ3v) is 7.30. The van der Waals surface area contributed by atoms with Gasteiger partial charge in [0, 0.05) is 36.5 Å². The van der Waals surface area contributed by atoms with Crippen molar-refractivity contribution in [3.63, 3.8) is 0 Å². The molecule has 4 aromatic rings. The van der Waals surface area contributed by atoms with Crippen molar-refractivity contribution in [2.75, 3.05) is 11.9 Å². The molecule has 0 atom stereocenters. The van der Waals surface area contributed by atoms with Crippen LogP contribution in [0.5, 0.6) is 11.8 Å². The van der Waals surface area contributed by atoms with Crippen LogP contribution in [0, 0.1) is 5.92 Å². The van der Waals surface area contributed by atoms with E-state index >= 15 is 0 Å². The number of ether oxygens (including phenoxy) is 2. The molecule has 1 N–H and O–H groups in total. The van der Waals surface area contributed by atoms with E-state index in [-0.39, 0.29) is 12.0 Å². The van der Waals surface area contributed by atoms with Crippen molar-refractivity contribution < 1.29 is 19.4 Å². The number of hydrogen-bond acceptors (Lipinski definition) is 6. The molecular weight excluding hydrogens is 490 g/mol. The molecule has 0 aliphatic heterocycles. The topological polar surface area (TPSA) is 84.8 Å². The van der Waals surface area contributed by atoms with Crippen molar-refractivity contribution in [3.05, 3.63) is 102 Å². The first-order valence-corrected chi connectivity index (χ1v) is 13.3. The minimum atomic E-state index is -0.686. The fourth-order valence-corrected chi connectivity index (χ4v) is 4.94. The lowest BCUT2D eigenvalue weighted by Gasteiger charge is -2.34. The molecule has 2 aromatic carbocycles. The molecule has 1 saturated carbocycles. The summed E-state index contributed by atoms with van der Waals surface area (Å²) >= 11 is 0. The average Bonchev–Trinajstić information content (AvgIpc) is 3.00. The fourth-order valence-electron chi connectivity index (χ4n) is 4.94. The summed E-state index contributed by atoms with van der Waals surface area (Å²) in [5.74, 6) is 0.923. The monoisotopic (exact) mass is 523 g/mol. The van der Waals surface area contributed by atoms with Crippen molar-refractivity contribution in [1.82, 2.24) is 9.97 Å². The first-order chi connectivity index (χ1) is 19.1. The van der Waals surface area contributed by atoms with Crippen molar-refractivity contribution >= 4 is 11.8 Å². The van der Waals surface area contributed by atoms with Gasteiger partial charge in [0.05, 0.1) is 5.92 Å². The first-order valence-electron chi connectivity index (χ1n) is 13.3. The zero-order valence-electron chi connectivity index (χ0n) is 22.1. The SMILES string of the molecule is CN(c1ccc(-c2ccc(OCc3ccccc3)nc2OCc2ccccc2)cn1)[C@H]1CC[C@H](C(=O)O)CC1. The number of hydrogen-bond donors (Lipinski definition) is 1. The number of pyridine rings is 2. The van der Waals surface area contributed by atoms with Crippen molar-refractivity contribution in [2.24, 2.45) is 5.92 Å². The van der Waals surface area contributed by atoms with Gasteiger partial charge in [0.1, 0.15) is 19.0 Å². The van der Waals surface area contributed by atoms with Gasteiger partial charge in [-0.15, -0.1) is 0 Å². The molecule has 2 heterocycles. The normalized spacial score (nSPS) is 16.8. The van der Waals surface area contributed by atoms with Gasteiger partial charge in [-0.25, -0.2) is 4.98 Å². The molecule has 1 fully saturated rings. The number of nitrogens with zero attached hydrogens (tertiary/aromatic N) is 3. The van der Waals surface area contributed by atoms with Crippen LogP contribution >= 0.6 is 0 Å². The van der Waals surface area contributed by atoms with Crippen molar-refractivity contribution in [2.45, 2.75) is 44.9 Å². The van der Waals surface area contributed by atoms with Gasteiger partial charge < -0.3 is 19.5 Å². The van der Waals surface area contributed by atoms with Gasteiger partial charge in [0.2, 0.25) is 11.8 Å². The number of benzene rings is 2. The van der Waals surface area contributed by atoms with E-state index in [0.29, 0.717) is 37.8 Å². The third-order valence-electron chi connectivity index (χ3n) is 7.30. The van der Waals surface area contributed by atoms with E-state index in [2.05, 4.69) is 4.90 Å². The highest BCUT2D eigenvalue weighted by atomic mass is 16.5. The lowest BCUT2D eigenvalue weighted by atomic mass is 9.85. The molecular formula is C32H33N3O4. The second-order valence-corrected chi connectivity index (χ2v) is 9.91. The number of rotatable bonds is 10. The summed E-state index contributed by atoms with van der Waals surface area (Å²) < 4.78 is 12.2. The van der Waals surface area contributed by atoms with E-state index in [4.69, 9.17) is 19.4 Å². The Morgan fingerprint density at radius 1 is 0.846 bits per heavy atom. The zero-order valence-corrected chi connectivity index (χ0v) is 22.1. The fraction of sp³-hybridized carbons (Fsp3) is 0.281. The number of aromatic nitrogens is 2. The molecule has 2 aromatic heterocycles. The van der Waals surface area contributed by atoms with Gasteiger partial charge in [-0.2, -0.15) is 4.98 Å². The van der Waals surface area contributed by atoms with Crippen LogP contribution in [0.15, 0.2) is 91.1 Å². The Morgan fingerprint density at radius 3 is 2.08 bits per heavy atom. The van der Waals surface area contributed by atoms with Crippen LogP contribution in [-0.2, 0) is 18.0 Å². The van der Waals surface area contributed by atoms with Crippen LogP contribution in [0.2, 0.25) is 0 Å². The van der Waals surface area contributed by atoms with E-state index in [1.807, 2.05) is 98.2 Å². The van der Waals surface area contributed by atoms with Crippen LogP contribution in [0.3, 0.4) is 0 Å². The summed E-state index contributed by atoms with van der Waals surface area (Å²) in [5.41, 5.74) is 3.85. The number of carboxylic acids is 1. The Labute approximate surface area is 229 Å². The minimum absolute atomic E-state index is 0.230. The van der Waals surface area contributed by atoms with Crippen LogP contribution < -0.4 is 14.4 Å². The molecule has 1 aliphatic rings. The molecule has 5 rings (SSSR count). The summed E-state index contributed by atoms with van der Waals surface area (Å²) in [7, 11) is 2.03. The lowest BCUT2D eigenvalue weighted by Crippen LogP contribution is -2.37. The lowest BCUT2D eigenvalue weighted by molar-refractivity contribution is -0.142. The van der Waals surface area contributed by atoms with E-state index in [1.165, 1.54) is 0 Å². The van der Waals surface area contributed by atoms with E-state index in [9.17, 15) is 9.90 Å². The number of carbonyl (C=O) groups is 1. The molecule has 1 aliphatic carbocycles. The van der Waals surface area contributed by atoms with Gasteiger partial charge in [-0.3, -0.25) is 4.79 Å². The third kappa shape index (κ3) is 6.74. The van der Waals surface area contributed by atoms with Gasteiger partial charge in [-0.1, -0.05) is 60.7 Å². The van der Waals surface area contributed by atoms with E-state index in [1.54, 1.807) is 0 Å². The molecule has 39 heavy (non-hydrogen) atoms. The average molecular weight is 524 g/mol. The summed E-state index contributed by atoms with van der Waals surface area (Å²) in [6.45, 7) is 0.804. The van der Waals surface area contributed by atoms with Crippen molar-refractivity contribution in [1.29, 1.82) is 0 Å². The molecule has 0 bridgehead atoms. The molecule has 0 saturated heterocycles. The number of aliphatic carboxylic acids is 1. The quantitative estimate of drug-likeness (QED) is 0.258. The van der Waals surface area contributed by atoms with E-state index < -0.39 is 5.97 Å². The molecule has 0 radical (unpaired) electrons. The summed E-state index contributed by atoms with van der Waals surface area (Å²) in [5, 5.41) is 9.29. The van der Waals surface area contributed by atoms with Crippen LogP contribution in [0.1, 0.15) is 36.8 Å². The van der Waals surface area contributed by atoms with Crippen LogP contribution in [-0.4, -0.2) is 34.1 Å². The summed E-state index contributed by atoms with van der Waals surface area (Å²) in [4.78, 5) is 22.9. The maximum Gasteiger partial charge on any atom is 0.306 e. The maximum atomic E-state index is 11.3. The molecule has 7 nitrogen and oxygen atoms in total. The standard InChI is InChI=1S/C32H33N3O4/c1-35(27-15-12-25(13-16-27)32(36)37)29-18-14-26(20-33-29)28-17-19-30(38-21-23-8-4-2-5-9-23)34-31(28)39-22-24-10-6-3-7-11-24/h2-11,14,17-20,25,27H,12-13,15-16,21-22H2,1H3,(H,36,37)/t25-,27-. The van der Waals surface area contributed by atoms with E-state index in [0.717, 1.165) is 40.9 Å². The Balaban J connectivity index is 1.33. The predicted molar refractivity (Wildman–Crippen MR) is 151 cm³/mol. The second kappa shape index (κ2) is 12.4. The maximum absolute atomic E-state index is 11.3. The Morgan fingerprint density at radius 2 is 1.49 bits per heavy atom. The Bertz CT molecular complexity index is 1360. The second-order valence-electron chi connectivity index (χ2n) is 9.91. The molecule has 200 valence electrons. The smallest absolute Gasteiger partial charge is 0.306 e. The zero-order chi connectivity index (χ0) is 27.0. The highest BCUT2D eigenvalue weighted by Crippen LogP contribution is 2.33. The van der Waals surface area contributed by atoms with Gasteiger partial charge in [0.25, 0.3) is 0 Å². The molecule has 0 spiro atoms. The number of anilines is 1. The molecule has 0 unspecified atom stereocenters. The van der Waals surface area contributed by atoms with Crippen molar-refractivity contribution in [3.8, 4) is 22.9 Å². The number of carboxylic acid groups (broad SMARTS) is 1. The molecule has 0 amide bonds. The highest BCUT2D eigenvalue weighted by Gasteiger charge is 2.28. The summed E-state index contributed by atoms with van der Waals surface area (Å²) in [6, 6.07) is 28.1. The molecule has 7 heteroatoms. The van der Waals surface area contributed by atoms with Crippen LogP contribution in [0.25, 0.3) is 11.1 Å². The predicted octanol–water partition coefficient (Wildman–Crippen LogP) is 6.38. The largest absolute Gasteiger partial charge is 0.481 e. The van der Waals surface area contributed by atoms with Gasteiger partial charge in [-0.05, 0) is 55.0 Å². The first kappa shape index (κ1) is 26.2. The Hall–Kier alpha value is -4.39. The Kier molecular flexibility index (Phi) is 8.36. The van der Waals surface area contributed by atoms with Gasteiger partial charge >= 0.3 is 5.97 Å². The highest BCUT2D eigenvalue weighted by molar-refractivity contribution is 5.70.